The fourth-order valence-corrected chi connectivity index (χ4v) is 3.44. The van der Waals surface area contributed by atoms with Crippen LogP contribution in [-0.4, -0.2) is 22.0 Å². The summed E-state index contributed by atoms with van der Waals surface area (Å²) in [6.45, 7) is 3.29. The summed E-state index contributed by atoms with van der Waals surface area (Å²) in [5, 5.41) is 2.90. The molecule has 1 amide bonds. The number of imidazole rings is 1. The smallest absolute Gasteiger partial charge is 0.251 e. The van der Waals surface area contributed by atoms with E-state index in [1.807, 2.05) is 30.3 Å². The lowest BCUT2D eigenvalue weighted by Gasteiger charge is -2.12. The predicted molar refractivity (Wildman–Crippen MR) is 112 cm³/mol. The van der Waals surface area contributed by atoms with Crippen molar-refractivity contribution in [3.8, 4) is 0 Å². The van der Waals surface area contributed by atoms with E-state index in [1.165, 1.54) is 35.4 Å². The lowest BCUT2D eigenvalue weighted by atomic mass is 10.1. The molecule has 0 aliphatic carbocycles. The molecule has 1 heterocycles. The van der Waals surface area contributed by atoms with E-state index in [4.69, 9.17) is 4.98 Å². The largest absolute Gasteiger partial charge is 0.352 e. The SMILES string of the molecule is Cc1ccccc1Cn1c(CCNC(=O)c2ccc(F)cc2)nc2ccccc21. The zero-order valence-electron chi connectivity index (χ0n) is 16.2. The van der Waals surface area contributed by atoms with Crippen LogP contribution in [0.4, 0.5) is 4.39 Å². The fraction of sp³-hybridized carbons (Fsp3) is 0.167. The molecule has 4 aromatic rings. The highest BCUT2D eigenvalue weighted by atomic mass is 19.1. The van der Waals surface area contributed by atoms with E-state index in [-0.39, 0.29) is 11.7 Å². The van der Waals surface area contributed by atoms with Crippen molar-refractivity contribution in [3.63, 3.8) is 0 Å². The maximum atomic E-state index is 13.0. The Balaban J connectivity index is 1.53. The van der Waals surface area contributed by atoms with Gasteiger partial charge in [-0.3, -0.25) is 4.79 Å². The fourth-order valence-electron chi connectivity index (χ4n) is 3.44. The molecule has 29 heavy (non-hydrogen) atoms. The van der Waals surface area contributed by atoms with Gasteiger partial charge >= 0.3 is 0 Å². The van der Waals surface area contributed by atoms with E-state index in [1.54, 1.807) is 0 Å². The Bertz CT molecular complexity index is 1150. The first-order valence-corrected chi connectivity index (χ1v) is 9.64. The third-order valence-corrected chi connectivity index (χ3v) is 5.06. The number of para-hydroxylation sites is 2. The van der Waals surface area contributed by atoms with Crippen LogP contribution in [0.3, 0.4) is 0 Å². The van der Waals surface area contributed by atoms with Gasteiger partial charge in [-0.1, -0.05) is 36.4 Å². The van der Waals surface area contributed by atoms with Crippen LogP contribution in [0, 0.1) is 12.7 Å². The lowest BCUT2D eigenvalue weighted by molar-refractivity contribution is 0.0954. The molecule has 5 heteroatoms. The number of amides is 1. The average molecular weight is 387 g/mol. The summed E-state index contributed by atoms with van der Waals surface area (Å²) < 4.78 is 15.2. The first-order valence-electron chi connectivity index (χ1n) is 9.64. The molecule has 0 spiro atoms. The molecule has 1 N–H and O–H groups in total. The average Bonchev–Trinajstić information content (AvgIpc) is 3.07. The number of rotatable bonds is 6. The number of hydrogen-bond acceptors (Lipinski definition) is 2. The number of nitrogens with zero attached hydrogens (tertiary/aromatic N) is 2. The number of halogens is 1. The summed E-state index contributed by atoms with van der Waals surface area (Å²) in [5.41, 5.74) is 4.95. The monoisotopic (exact) mass is 387 g/mol. The van der Waals surface area contributed by atoms with Gasteiger partial charge in [0.05, 0.1) is 11.0 Å². The number of aryl methyl sites for hydroxylation is 1. The van der Waals surface area contributed by atoms with Gasteiger partial charge in [0.2, 0.25) is 0 Å². The van der Waals surface area contributed by atoms with Crippen molar-refractivity contribution in [1.29, 1.82) is 0 Å². The van der Waals surface area contributed by atoms with Gasteiger partial charge in [-0.2, -0.15) is 0 Å². The second kappa shape index (κ2) is 8.27. The number of carbonyl (C=O) groups excluding carboxylic acids is 1. The molecule has 0 unspecified atom stereocenters. The molecule has 0 bridgehead atoms. The molecule has 1 aromatic heterocycles. The Morgan fingerprint density at radius 3 is 2.52 bits per heavy atom. The molecule has 3 aromatic carbocycles. The van der Waals surface area contributed by atoms with Gasteiger partial charge in [-0.25, -0.2) is 9.37 Å². The molecule has 0 atom stereocenters. The van der Waals surface area contributed by atoms with Gasteiger partial charge in [0, 0.05) is 25.1 Å². The lowest BCUT2D eigenvalue weighted by Crippen LogP contribution is -2.26. The van der Waals surface area contributed by atoms with E-state index in [2.05, 4.69) is 35.0 Å². The van der Waals surface area contributed by atoms with Crippen LogP contribution in [0.1, 0.15) is 27.3 Å². The number of benzene rings is 3. The van der Waals surface area contributed by atoms with Crippen LogP contribution >= 0.6 is 0 Å². The van der Waals surface area contributed by atoms with Crippen molar-refractivity contribution >= 4 is 16.9 Å². The molecule has 0 saturated heterocycles. The Morgan fingerprint density at radius 2 is 1.72 bits per heavy atom. The molecular weight excluding hydrogens is 365 g/mol. The number of fused-ring (bicyclic) bond motifs is 1. The molecule has 0 radical (unpaired) electrons. The van der Waals surface area contributed by atoms with Crippen molar-refractivity contribution < 1.29 is 9.18 Å². The van der Waals surface area contributed by atoms with Gasteiger partial charge in [0.1, 0.15) is 11.6 Å². The standard InChI is InChI=1S/C24H22FN3O/c1-17-6-2-3-7-19(17)16-28-22-9-5-4-8-21(22)27-23(28)14-15-26-24(29)18-10-12-20(25)13-11-18/h2-13H,14-16H2,1H3,(H,26,29). The highest BCUT2D eigenvalue weighted by Gasteiger charge is 2.12. The minimum absolute atomic E-state index is 0.216. The van der Waals surface area contributed by atoms with Crippen LogP contribution in [0.5, 0.6) is 0 Å². The predicted octanol–water partition coefficient (Wildman–Crippen LogP) is 4.50. The minimum atomic E-state index is -0.355. The van der Waals surface area contributed by atoms with Crippen molar-refractivity contribution in [1.82, 2.24) is 14.9 Å². The van der Waals surface area contributed by atoms with Crippen molar-refractivity contribution in [2.75, 3.05) is 6.54 Å². The maximum absolute atomic E-state index is 13.0. The Hall–Kier alpha value is -3.47. The van der Waals surface area contributed by atoms with Gasteiger partial charge in [-0.05, 0) is 54.4 Å². The highest BCUT2D eigenvalue weighted by Crippen LogP contribution is 2.19. The summed E-state index contributed by atoms with van der Waals surface area (Å²) >= 11 is 0. The second-order valence-corrected chi connectivity index (χ2v) is 7.04. The zero-order chi connectivity index (χ0) is 20.2. The first kappa shape index (κ1) is 18.9. The molecular formula is C24H22FN3O. The van der Waals surface area contributed by atoms with Gasteiger partial charge in [-0.15, -0.1) is 0 Å². The summed E-state index contributed by atoms with van der Waals surface area (Å²) in [6, 6.07) is 21.9. The van der Waals surface area contributed by atoms with Crippen LogP contribution in [0.15, 0.2) is 72.8 Å². The molecule has 146 valence electrons. The van der Waals surface area contributed by atoms with Crippen LogP contribution in [0.25, 0.3) is 11.0 Å². The maximum Gasteiger partial charge on any atom is 0.251 e. The summed E-state index contributed by atoms with van der Waals surface area (Å²) in [4.78, 5) is 17.1. The van der Waals surface area contributed by atoms with E-state index < -0.39 is 0 Å². The Morgan fingerprint density at radius 1 is 1.00 bits per heavy atom. The van der Waals surface area contributed by atoms with Gasteiger partial charge in [0.15, 0.2) is 0 Å². The summed E-state index contributed by atoms with van der Waals surface area (Å²) in [6.07, 6.45) is 0.605. The van der Waals surface area contributed by atoms with Crippen molar-refractivity contribution in [3.05, 3.63) is 101 Å². The first-order chi connectivity index (χ1) is 14.1. The zero-order valence-corrected chi connectivity index (χ0v) is 16.2. The molecule has 4 rings (SSSR count). The second-order valence-electron chi connectivity index (χ2n) is 7.04. The minimum Gasteiger partial charge on any atom is -0.352 e. The quantitative estimate of drug-likeness (QED) is 0.529. The van der Waals surface area contributed by atoms with Crippen LogP contribution in [-0.2, 0) is 13.0 Å². The van der Waals surface area contributed by atoms with E-state index in [0.717, 1.165) is 23.4 Å². The van der Waals surface area contributed by atoms with Crippen LogP contribution in [0.2, 0.25) is 0 Å². The van der Waals surface area contributed by atoms with Crippen LogP contribution < -0.4 is 5.32 Å². The normalized spacial score (nSPS) is 11.0. The third-order valence-electron chi connectivity index (χ3n) is 5.06. The number of nitrogens with one attached hydrogen (secondary N) is 1. The number of hydrogen-bond donors (Lipinski definition) is 1. The van der Waals surface area contributed by atoms with E-state index >= 15 is 0 Å². The highest BCUT2D eigenvalue weighted by molar-refractivity contribution is 5.94. The van der Waals surface area contributed by atoms with E-state index in [0.29, 0.717) is 18.5 Å². The summed E-state index contributed by atoms with van der Waals surface area (Å²) in [5.74, 6) is 0.354. The molecule has 0 aliphatic rings. The molecule has 0 fully saturated rings. The van der Waals surface area contributed by atoms with Crippen molar-refractivity contribution in [2.45, 2.75) is 19.9 Å². The number of aromatic nitrogens is 2. The molecule has 0 aliphatic heterocycles. The van der Waals surface area contributed by atoms with Gasteiger partial charge in [0.25, 0.3) is 5.91 Å². The van der Waals surface area contributed by atoms with Crippen molar-refractivity contribution in [2.24, 2.45) is 0 Å². The molecule has 0 saturated carbocycles. The Labute approximate surface area is 169 Å². The van der Waals surface area contributed by atoms with E-state index in [9.17, 15) is 9.18 Å². The third kappa shape index (κ3) is 4.19. The van der Waals surface area contributed by atoms with Gasteiger partial charge < -0.3 is 9.88 Å². The molecule has 4 nitrogen and oxygen atoms in total. The topological polar surface area (TPSA) is 46.9 Å². The Kier molecular flexibility index (Phi) is 5.38. The number of carbonyl (C=O) groups is 1. The summed E-state index contributed by atoms with van der Waals surface area (Å²) in [7, 11) is 0.